The first-order valence-corrected chi connectivity index (χ1v) is 8.44. The molecule has 1 unspecified atom stereocenters. The number of hydrogen-bond donors (Lipinski definition) is 1. The zero-order chi connectivity index (χ0) is 14.8. The summed E-state index contributed by atoms with van der Waals surface area (Å²) in [7, 11) is 2.00. The van der Waals surface area contributed by atoms with Gasteiger partial charge in [0.15, 0.2) is 0 Å². The minimum absolute atomic E-state index is 0.392. The SMILES string of the molecule is CNC(C)c1ccc(N2CCCC(C)(C)CC2)c(Br)c1. The van der Waals surface area contributed by atoms with Crippen molar-refractivity contribution >= 4 is 21.6 Å². The van der Waals surface area contributed by atoms with Crippen molar-refractivity contribution in [3.8, 4) is 0 Å². The second kappa shape index (κ2) is 6.48. The molecule has 0 saturated carbocycles. The van der Waals surface area contributed by atoms with E-state index in [4.69, 9.17) is 0 Å². The molecule has 2 nitrogen and oxygen atoms in total. The third-order valence-corrected chi connectivity index (χ3v) is 5.22. The Balaban J connectivity index is 2.16. The van der Waals surface area contributed by atoms with Crippen LogP contribution < -0.4 is 10.2 Å². The highest BCUT2D eigenvalue weighted by atomic mass is 79.9. The summed E-state index contributed by atoms with van der Waals surface area (Å²) in [6.07, 6.45) is 3.89. The number of hydrogen-bond acceptors (Lipinski definition) is 2. The second-order valence-electron chi connectivity index (χ2n) is 6.73. The Hall–Kier alpha value is -0.540. The summed E-state index contributed by atoms with van der Waals surface area (Å²) in [6.45, 7) is 9.30. The summed E-state index contributed by atoms with van der Waals surface area (Å²) in [5.74, 6) is 0. The molecule has 1 N–H and O–H groups in total. The lowest BCUT2D eigenvalue weighted by molar-refractivity contribution is 0.325. The molecule has 0 radical (unpaired) electrons. The molecule has 3 heteroatoms. The summed E-state index contributed by atoms with van der Waals surface area (Å²) < 4.78 is 1.22. The van der Waals surface area contributed by atoms with Crippen LogP contribution in [0.3, 0.4) is 0 Å². The normalized spacial score (nSPS) is 20.6. The van der Waals surface area contributed by atoms with Crippen LogP contribution in [0, 0.1) is 5.41 Å². The van der Waals surface area contributed by atoms with Crippen LogP contribution in [-0.2, 0) is 0 Å². The van der Waals surface area contributed by atoms with Crippen molar-refractivity contribution in [2.75, 3.05) is 25.0 Å². The van der Waals surface area contributed by atoms with Crippen molar-refractivity contribution in [3.63, 3.8) is 0 Å². The van der Waals surface area contributed by atoms with Gasteiger partial charge in [0, 0.05) is 23.6 Å². The lowest BCUT2D eigenvalue weighted by Crippen LogP contribution is -2.25. The molecule has 0 aliphatic carbocycles. The number of nitrogens with zero attached hydrogens (tertiary/aromatic N) is 1. The first kappa shape index (κ1) is 15.8. The van der Waals surface area contributed by atoms with E-state index in [-0.39, 0.29) is 0 Å². The number of rotatable bonds is 3. The molecule has 1 aromatic carbocycles. The van der Waals surface area contributed by atoms with E-state index < -0.39 is 0 Å². The van der Waals surface area contributed by atoms with E-state index in [9.17, 15) is 0 Å². The van der Waals surface area contributed by atoms with Crippen molar-refractivity contribution in [3.05, 3.63) is 28.2 Å². The molecule has 1 aliphatic heterocycles. The largest absolute Gasteiger partial charge is 0.371 e. The van der Waals surface area contributed by atoms with E-state index in [1.807, 2.05) is 7.05 Å². The van der Waals surface area contributed by atoms with Crippen molar-refractivity contribution in [2.45, 2.75) is 46.1 Å². The fourth-order valence-corrected chi connectivity index (χ4v) is 3.53. The molecular weight excluding hydrogens is 312 g/mol. The van der Waals surface area contributed by atoms with Crippen LogP contribution in [0.15, 0.2) is 22.7 Å². The summed E-state index contributed by atoms with van der Waals surface area (Å²) in [4.78, 5) is 2.53. The van der Waals surface area contributed by atoms with Gasteiger partial charge < -0.3 is 10.2 Å². The molecule has 20 heavy (non-hydrogen) atoms. The smallest absolute Gasteiger partial charge is 0.0510 e. The van der Waals surface area contributed by atoms with Gasteiger partial charge in [-0.05, 0) is 72.3 Å². The Morgan fingerprint density at radius 1 is 1.25 bits per heavy atom. The van der Waals surface area contributed by atoms with Crippen LogP contribution in [0.4, 0.5) is 5.69 Å². The standard InChI is InChI=1S/C17H27BrN2/c1-13(19-4)14-6-7-16(15(18)12-14)20-10-5-8-17(2,3)9-11-20/h6-7,12-13,19H,5,8-11H2,1-4H3. The van der Waals surface area contributed by atoms with Gasteiger partial charge >= 0.3 is 0 Å². The molecule has 1 fully saturated rings. The highest BCUT2D eigenvalue weighted by Gasteiger charge is 2.24. The molecule has 0 bridgehead atoms. The van der Waals surface area contributed by atoms with Gasteiger partial charge in [0.1, 0.15) is 0 Å². The van der Waals surface area contributed by atoms with Crippen molar-refractivity contribution in [2.24, 2.45) is 5.41 Å². The maximum Gasteiger partial charge on any atom is 0.0510 e. The van der Waals surface area contributed by atoms with E-state index in [0.717, 1.165) is 6.54 Å². The van der Waals surface area contributed by atoms with Crippen molar-refractivity contribution < 1.29 is 0 Å². The lowest BCUT2D eigenvalue weighted by Gasteiger charge is -2.26. The second-order valence-corrected chi connectivity index (χ2v) is 7.58. The number of benzene rings is 1. The van der Waals surface area contributed by atoms with Gasteiger partial charge in [-0.15, -0.1) is 0 Å². The van der Waals surface area contributed by atoms with Gasteiger partial charge in [0.25, 0.3) is 0 Å². The highest BCUT2D eigenvalue weighted by Crippen LogP contribution is 2.35. The molecule has 1 aliphatic rings. The van der Waals surface area contributed by atoms with E-state index in [0.29, 0.717) is 11.5 Å². The van der Waals surface area contributed by atoms with Gasteiger partial charge in [-0.3, -0.25) is 0 Å². The number of anilines is 1. The van der Waals surface area contributed by atoms with E-state index in [1.54, 1.807) is 0 Å². The maximum atomic E-state index is 3.76. The van der Waals surface area contributed by atoms with Gasteiger partial charge in [-0.25, -0.2) is 0 Å². The predicted molar refractivity (Wildman–Crippen MR) is 91.5 cm³/mol. The van der Waals surface area contributed by atoms with Crippen LogP contribution in [0.2, 0.25) is 0 Å². The topological polar surface area (TPSA) is 15.3 Å². The maximum absolute atomic E-state index is 3.76. The molecule has 112 valence electrons. The molecule has 0 aromatic heterocycles. The Bertz CT molecular complexity index is 456. The quantitative estimate of drug-likeness (QED) is 0.855. The summed E-state index contributed by atoms with van der Waals surface area (Å²) >= 11 is 3.76. The zero-order valence-corrected chi connectivity index (χ0v) is 14.8. The Kier molecular flexibility index (Phi) is 5.14. The molecule has 2 rings (SSSR count). The van der Waals surface area contributed by atoms with Crippen molar-refractivity contribution in [1.29, 1.82) is 0 Å². The zero-order valence-electron chi connectivity index (χ0n) is 13.2. The van der Waals surface area contributed by atoms with Crippen LogP contribution >= 0.6 is 15.9 Å². The fourth-order valence-electron chi connectivity index (χ4n) is 2.88. The minimum atomic E-state index is 0.392. The Morgan fingerprint density at radius 3 is 2.65 bits per heavy atom. The molecule has 0 amide bonds. The molecule has 1 saturated heterocycles. The van der Waals surface area contributed by atoms with Crippen LogP contribution in [0.25, 0.3) is 0 Å². The molecule has 0 spiro atoms. The fraction of sp³-hybridized carbons (Fsp3) is 0.647. The summed E-state index contributed by atoms with van der Waals surface area (Å²) in [5, 5.41) is 3.29. The lowest BCUT2D eigenvalue weighted by atomic mass is 9.85. The van der Waals surface area contributed by atoms with Crippen LogP contribution in [-0.4, -0.2) is 20.1 Å². The molecular formula is C17H27BrN2. The van der Waals surface area contributed by atoms with Crippen LogP contribution in [0.5, 0.6) is 0 Å². The monoisotopic (exact) mass is 338 g/mol. The minimum Gasteiger partial charge on any atom is -0.371 e. The van der Waals surface area contributed by atoms with E-state index >= 15 is 0 Å². The van der Waals surface area contributed by atoms with Crippen molar-refractivity contribution in [1.82, 2.24) is 5.32 Å². The van der Waals surface area contributed by atoms with Gasteiger partial charge in [0.2, 0.25) is 0 Å². The Morgan fingerprint density at radius 2 is 2.00 bits per heavy atom. The van der Waals surface area contributed by atoms with Gasteiger partial charge in [0.05, 0.1) is 5.69 Å². The number of nitrogens with one attached hydrogen (secondary N) is 1. The summed E-state index contributed by atoms with van der Waals surface area (Å²) in [5.41, 5.74) is 3.16. The number of halogens is 1. The third-order valence-electron chi connectivity index (χ3n) is 4.59. The van der Waals surface area contributed by atoms with Gasteiger partial charge in [-0.2, -0.15) is 0 Å². The molecule has 1 atom stereocenters. The third kappa shape index (κ3) is 3.76. The van der Waals surface area contributed by atoms with E-state index in [2.05, 4.69) is 65.1 Å². The molecule has 1 heterocycles. The Labute approximate surface area is 132 Å². The van der Waals surface area contributed by atoms with Crippen LogP contribution in [0.1, 0.15) is 51.6 Å². The van der Waals surface area contributed by atoms with Gasteiger partial charge in [-0.1, -0.05) is 19.9 Å². The average molecular weight is 339 g/mol. The predicted octanol–water partition coefficient (Wildman–Crippen LogP) is 4.75. The highest BCUT2D eigenvalue weighted by molar-refractivity contribution is 9.10. The first-order chi connectivity index (χ1) is 9.43. The first-order valence-electron chi connectivity index (χ1n) is 7.64. The molecule has 1 aromatic rings. The van der Waals surface area contributed by atoms with E-state index in [1.165, 1.54) is 41.5 Å². The average Bonchev–Trinajstić information content (AvgIpc) is 2.59. The summed E-state index contributed by atoms with van der Waals surface area (Å²) in [6, 6.07) is 7.17.